The van der Waals surface area contributed by atoms with Gasteiger partial charge in [0.25, 0.3) is 0 Å². The summed E-state index contributed by atoms with van der Waals surface area (Å²) in [5, 5.41) is 9.93. The highest BCUT2D eigenvalue weighted by Gasteiger charge is 2.10. The zero-order chi connectivity index (χ0) is 17.6. The fraction of sp³-hybridized carbons (Fsp3) is 0.0435. The Labute approximate surface area is 152 Å². The summed E-state index contributed by atoms with van der Waals surface area (Å²) in [5.74, 6) is 0. The largest absolute Gasteiger partial charge is 0.355 e. The van der Waals surface area contributed by atoms with E-state index < -0.39 is 0 Å². The average Bonchev–Trinajstić information content (AvgIpc) is 2.63. The van der Waals surface area contributed by atoms with Crippen molar-refractivity contribution in [2.75, 3.05) is 5.32 Å². The van der Waals surface area contributed by atoms with Crippen molar-refractivity contribution < 1.29 is 0 Å². The molecule has 0 saturated carbocycles. The monoisotopic (exact) mass is 341 g/mol. The number of hydrogen-bond acceptors (Lipinski definition) is 2. The zero-order valence-electron chi connectivity index (χ0n) is 14.1. The molecule has 0 radical (unpaired) electrons. The number of fused-ring (bicyclic) bond motifs is 2. The molecule has 0 aliphatic heterocycles. The Kier molecular flexibility index (Phi) is 3.78. The maximum atomic E-state index is 4.68. The molecule has 0 fully saturated rings. The number of benzene rings is 4. The van der Waals surface area contributed by atoms with Crippen LogP contribution in [0.3, 0.4) is 0 Å². The Balaban J connectivity index is 2.06. The molecule has 0 aromatic heterocycles. The van der Waals surface area contributed by atoms with Crippen LogP contribution < -0.4 is 15.8 Å². The van der Waals surface area contributed by atoms with Crippen LogP contribution in [0.4, 0.5) is 11.4 Å². The highest BCUT2D eigenvalue weighted by molar-refractivity contribution is 7.80. The van der Waals surface area contributed by atoms with E-state index in [9.17, 15) is 0 Å². The third kappa shape index (κ3) is 2.59. The Hall–Kier alpha value is -2.71. The maximum absolute atomic E-state index is 4.68. The van der Waals surface area contributed by atoms with Gasteiger partial charge in [-0.1, -0.05) is 55.1 Å². The first-order valence-electron chi connectivity index (χ1n) is 8.24. The normalized spacial score (nSPS) is 11.1. The first-order valence-corrected chi connectivity index (χ1v) is 8.69. The topological polar surface area (TPSA) is 12.0 Å². The molecule has 1 N–H and O–H groups in total. The van der Waals surface area contributed by atoms with Crippen LogP contribution >= 0.6 is 12.6 Å². The lowest BCUT2D eigenvalue weighted by atomic mass is 9.97. The third-order valence-corrected chi connectivity index (χ3v) is 5.07. The molecule has 4 rings (SSSR count). The van der Waals surface area contributed by atoms with Crippen molar-refractivity contribution in [1.29, 1.82) is 0 Å². The van der Waals surface area contributed by atoms with Gasteiger partial charge >= 0.3 is 0 Å². The lowest BCUT2D eigenvalue weighted by Gasteiger charge is -2.14. The van der Waals surface area contributed by atoms with Crippen molar-refractivity contribution in [3.63, 3.8) is 0 Å². The van der Waals surface area contributed by atoms with Gasteiger partial charge in [0.15, 0.2) is 0 Å². The van der Waals surface area contributed by atoms with Gasteiger partial charge in [-0.05, 0) is 52.4 Å². The number of rotatable bonds is 2. The molecule has 4 aromatic rings. The van der Waals surface area contributed by atoms with Gasteiger partial charge in [0.2, 0.25) is 0 Å². The van der Waals surface area contributed by atoms with Crippen molar-refractivity contribution in [3.05, 3.63) is 76.7 Å². The molecule has 0 bridgehead atoms. The van der Waals surface area contributed by atoms with E-state index in [1.807, 2.05) is 18.2 Å². The molecule has 0 aliphatic rings. The summed E-state index contributed by atoms with van der Waals surface area (Å²) in [6, 6.07) is 20.7. The van der Waals surface area contributed by atoms with E-state index in [-0.39, 0.29) is 0 Å². The predicted octanol–water partition coefficient (Wildman–Crippen LogP) is 5.15. The minimum atomic E-state index is 0.921. The molecule has 2 heteroatoms. The molecule has 0 amide bonds. The molecule has 0 heterocycles. The summed E-state index contributed by atoms with van der Waals surface area (Å²) in [5.41, 5.74) is 3.32. The minimum Gasteiger partial charge on any atom is -0.355 e. The zero-order valence-corrected chi connectivity index (χ0v) is 15.0. The number of aryl methyl sites for hydroxylation is 1. The molecule has 0 unspecified atom stereocenters. The lowest BCUT2D eigenvalue weighted by Crippen LogP contribution is -2.14. The second-order valence-electron chi connectivity index (χ2n) is 6.38. The van der Waals surface area contributed by atoms with Crippen LogP contribution in [0.15, 0.2) is 65.6 Å². The van der Waals surface area contributed by atoms with E-state index >= 15 is 0 Å². The van der Waals surface area contributed by atoms with Crippen LogP contribution in [-0.2, 0) is 0 Å². The summed E-state index contributed by atoms with van der Waals surface area (Å²) < 4.78 is 0. The van der Waals surface area contributed by atoms with Crippen molar-refractivity contribution in [1.82, 2.24) is 0 Å². The van der Waals surface area contributed by atoms with E-state index in [1.165, 1.54) is 5.56 Å². The SMILES string of the molecule is C=c1c2ccccc2c(=C)c2c(Nc3ccc(C)cc3)ccc(S)c12. The van der Waals surface area contributed by atoms with Gasteiger partial charge in [0, 0.05) is 27.0 Å². The third-order valence-electron chi connectivity index (χ3n) is 4.69. The van der Waals surface area contributed by atoms with Crippen LogP contribution in [0.2, 0.25) is 0 Å². The Bertz CT molecular complexity index is 1210. The first-order chi connectivity index (χ1) is 12.1. The number of hydrogen-bond donors (Lipinski definition) is 2. The van der Waals surface area contributed by atoms with E-state index in [0.29, 0.717) is 0 Å². The molecule has 0 atom stereocenters. The van der Waals surface area contributed by atoms with Crippen molar-refractivity contribution in [2.24, 2.45) is 0 Å². The Morgan fingerprint density at radius 1 is 0.760 bits per heavy atom. The second kappa shape index (κ2) is 5.98. The lowest BCUT2D eigenvalue weighted by molar-refractivity contribution is 1.45. The fourth-order valence-corrected chi connectivity index (χ4v) is 3.71. The highest BCUT2D eigenvalue weighted by Crippen LogP contribution is 2.28. The van der Waals surface area contributed by atoms with E-state index in [4.69, 9.17) is 0 Å². The number of nitrogens with one attached hydrogen (secondary N) is 1. The molecule has 0 spiro atoms. The van der Waals surface area contributed by atoms with Crippen molar-refractivity contribution in [2.45, 2.75) is 11.8 Å². The van der Waals surface area contributed by atoms with Gasteiger partial charge in [-0.3, -0.25) is 0 Å². The predicted molar refractivity (Wildman–Crippen MR) is 113 cm³/mol. The maximum Gasteiger partial charge on any atom is 0.0471 e. The number of thiol groups is 1. The number of anilines is 2. The van der Waals surface area contributed by atoms with E-state index in [2.05, 4.69) is 80.5 Å². The minimum absolute atomic E-state index is 0.921. The van der Waals surface area contributed by atoms with Gasteiger partial charge < -0.3 is 5.32 Å². The molecule has 0 saturated heterocycles. The molecular formula is C23H19NS. The fourth-order valence-electron chi connectivity index (χ4n) is 3.39. The molecule has 25 heavy (non-hydrogen) atoms. The van der Waals surface area contributed by atoms with Gasteiger partial charge in [-0.15, -0.1) is 12.6 Å². The van der Waals surface area contributed by atoms with Crippen LogP contribution in [0.1, 0.15) is 5.56 Å². The summed E-state index contributed by atoms with van der Waals surface area (Å²) in [7, 11) is 0. The van der Waals surface area contributed by atoms with Crippen LogP contribution in [0.5, 0.6) is 0 Å². The van der Waals surface area contributed by atoms with Gasteiger partial charge in [0.05, 0.1) is 0 Å². The summed E-state index contributed by atoms with van der Waals surface area (Å²) in [6.07, 6.45) is 0. The van der Waals surface area contributed by atoms with Gasteiger partial charge in [-0.25, -0.2) is 0 Å². The van der Waals surface area contributed by atoms with Crippen LogP contribution in [0.25, 0.3) is 34.7 Å². The quantitative estimate of drug-likeness (QED) is 0.379. The molecule has 0 aliphatic carbocycles. The summed E-state index contributed by atoms with van der Waals surface area (Å²) in [6.45, 7) is 10.8. The standard InChI is InChI=1S/C23H19NS/c1-14-8-10-17(11-9-14)24-20-12-13-21(25)23-16(3)19-7-5-4-6-18(19)15(2)22(20)23/h4-13,24-25H,2-3H2,1H3. The van der Waals surface area contributed by atoms with Crippen molar-refractivity contribution >= 4 is 58.7 Å². The molecule has 122 valence electrons. The average molecular weight is 341 g/mol. The smallest absolute Gasteiger partial charge is 0.0471 e. The van der Waals surface area contributed by atoms with Crippen LogP contribution in [-0.4, -0.2) is 0 Å². The molecular weight excluding hydrogens is 322 g/mol. The Morgan fingerprint density at radius 2 is 1.36 bits per heavy atom. The molecule has 4 aromatic carbocycles. The van der Waals surface area contributed by atoms with Crippen LogP contribution in [0, 0.1) is 6.92 Å². The van der Waals surface area contributed by atoms with Gasteiger partial charge in [-0.2, -0.15) is 0 Å². The second-order valence-corrected chi connectivity index (χ2v) is 6.86. The molecule has 1 nitrogen and oxygen atoms in total. The summed E-state index contributed by atoms with van der Waals surface area (Å²) in [4.78, 5) is 0.921. The first kappa shape index (κ1) is 15.8. The Morgan fingerprint density at radius 3 is 2.00 bits per heavy atom. The van der Waals surface area contributed by atoms with E-state index in [1.54, 1.807) is 0 Å². The van der Waals surface area contributed by atoms with Gasteiger partial charge in [0.1, 0.15) is 0 Å². The summed E-state index contributed by atoms with van der Waals surface area (Å²) >= 11 is 4.68. The van der Waals surface area contributed by atoms with E-state index in [0.717, 1.165) is 48.3 Å². The van der Waals surface area contributed by atoms with Crippen molar-refractivity contribution in [3.8, 4) is 0 Å². The highest BCUT2D eigenvalue weighted by atomic mass is 32.1.